The fraction of sp³-hybridized carbons (Fsp3) is 0. The third-order valence-electron chi connectivity index (χ3n) is 9.04. The smallest absolute Gasteiger partial charge is 0.135 e. The monoisotopic (exact) mass is 577 g/mol. The van der Waals surface area contributed by atoms with Gasteiger partial charge in [0.15, 0.2) is 0 Å². The molecule has 10 aromatic rings. The van der Waals surface area contributed by atoms with Gasteiger partial charge in [0.25, 0.3) is 0 Å². The highest BCUT2D eigenvalue weighted by molar-refractivity contribution is 6.10. The lowest BCUT2D eigenvalue weighted by Crippen LogP contribution is -1.96. The van der Waals surface area contributed by atoms with Crippen LogP contribution in [0, 0.1) is 0 Å². The van der Waals surface area contributed by atoms with Crippen LogP contribution in [0.25, 0.3) is 93.6 Å². The normalized spacial score (nSPS) is 12.6. The molecule has 45 heavy (non-hydrogen) atoms. The zero-order chi connectivity index (χ0) is 31.2. The molecule has 3 heterocycles. The molecule has 3 aromatic heterocycles. The van der Waals surface area contributed by atoms with E-state index in [1.54, 1.807) is 12.1 Å². The van der Waals surface area contributed by atoms with Gasteiger partial charge in [-0.25, -0.2) is 0 Å². The molecule has 0 N–H and O–H groups in total. The molecule has 7 aromatic carbocycles. The topological polar surface area (TPSA) is 31.2 Å². The van der Waals surface area contributed by atoms with Crippen LogP contribution in [0.3, 0.4) is 0 Å². The molecule has 0 radical (unpaired) electrons. The molecule has 0 atom stereocenters. The summed E-state index contributed by atoms with van der Waals surface area (Å²) >= 11 is 0. The first-order valence-electron chi connectivity index (χ1n) is 16.1. The molecule has 210 valence electrons. The van der Waals surface area contributed by atoms with Crippen molar-refractivity contribution in [1.82, 2.24) is 4.57 Å². The van der Waals surface area contributed by atoms with Gasteiger partial charge >= 0.3 is 0 Å². The standard InChI is InChI=1S/C42H25NO2/c1-5-13-37-31(9-1)32-10-2-6-14-38(32)43(37)30-22-28(26-17-19-41-35(24-26)33-11-3-7-15-39(33)44-41)21-29(23-30)27-18-20-42-36(25-27)34-12-4-8-16-40(34)45-42/h1-25H/i3D,16D. The second kappa shape index (κ2) is 9.22. The van der Waals surface area contributed by atoms with Gasteiger partial charge in [-0.3, -0.25) is 0 Å². The van der Waals surface area contributed by atoms with E-state index in [1.807, 2.05) is 36.4 Å². The summed E-state index contributed by atoms with van der Waals surface area (Å²) < 4.78 is 31.2. The third kappa shape index (κ3) is 3.65. The van der Waals surface area contributed by atoms with Crippen LogP contribution in [0.5, 0.6) is 0 Å². The fourth-order valence-corrected chi connectivity index (χ4v) is 6.95. The minimum Gasteiger partial charge on any atom is -0.456 e. The molecule has 0 amide bonds. The Morgan fingerprint density at radius 2 is 0.956 bits per heavy atom. The van der Waals surface area contributed by atoms with Crippen molar-refractivity contribution in [2.24, 2.45) is 0 Å². The first-order chi connectivity index (χ1) is 23.1. The number of nitrogens with zero attached hydrogens (tertiary/aromatic N) is 1. The van der Waals surface area contributed by atoms with E-state index in [-0.39, 0.29) is 0 Å². The van der Waals surface area contributed by atoms with Crippen molar-refractivity contribution in [3.8, 4) is 27.9 Å². The van der Waals surface area contributed by atoms with E-state index in [9.17, 15) is 0 Å². The molecule has 0 aliphatic heterocycles. The molecular formula is C42H25NO2. The highest BCUT2D eigenvalue weighted by Crippen LogP contribution is 2.39. The van der Waals surface area contributed by atoms with Crippen LogP contribution in [0.4, 0.5) is 0 Å². The molecular weight excluding hydrogens is 550 g/mol. The van der Waals surface area contributed by atoms with Crippen LogP contribution >= 0.6 is 0 Å². The van der Waals surface area contributed by atoms with Crippen LogP contribution < -0.4 is 0 Å². The molecule has 3 heteroatoms. The Labute approximate surface area is 261 Å². The number of hydrogen-bond donors (Lipinski definition) is 0. The van der Waals surface area contributed by atoms with E-state index in [2.05, 4.69) is 95.6 Å². The van der Waals surface area contributed by atoms with Crippen LogP contribution in [-0.4, -0.2) is 4.57 Å². The van der Waals surface area contributed by atoms with Gasteiger partial charge in [0.05, 0.1) is 13.8 Å². The van der Waals surface area contributed by atoms with Crippen molar-refractivity contribution in [2.45, 2.75) is 0 Å². The lowest BCUT2D eigenvalue weighted by Gasteiger charge is -2.14. The first-order valence-corrected chi connectivity index (χ1v) is 15.1. The Morgan fingerprint density at radius 3 is 1.64 bits per heavy atom. The Balaban J connectivity index is 1.26. The van der Waals surface area contributed by atoms with E-state index >= 15 is 0 Å². The minimum atomic E-state index is 0.385. The second-order valence-electron chi connectivity index (χ2n) is 11.6. The third-order valence-corrected chi connectivity index (χ3v) is 9.04. The van der Waals surface area contributed by atoms with Gasteiger partial charge in [-0.15, -0.1) is 0 Å². The summed E-state index contributed by atoms with van der Waals surface area (Å²) in [5, 5.41) is 6.30. The van der Waals surface area contributed by atoms with Gasteiger partial charge in [-0.1, -0.05) is 84.9 Å². The maximum atomic E-state index is 8.37. The lowest BCUT2D eigenvalue weighted by atomic mass is 9.96. The van der Waals surface area contributed by atoms with E-state index < -0.39 is 0 Å². The maximum Gasteiger partial charge on any atom is 0.135 e. The Bertz CT molecular complexity index is 2800. The number of rotatable bonds is 3. The molecule has 0 saturated heterocycles. The second-order valence-corrected chi connectivity index (χ2v) is 11.6. The predicted octanol–water partition coefficient (Wildman–Crippen LogP) is 11.9. The highest BCUT2D eigenvalue weighted by atomic mass is 16.3. The average molecular weight is 578 g/mol. The summed E-state index contributed by atoms with van der Waals surface area (Å²) in [5.74, 6) is 0. The molecule has 0 fully saturated rings. The minimum absolute atomic E-state index is 0.385. The molecule has 0 aliphatic carbocycles. The van der Waals surface area contributed by atoms with Crippen molar-refractivity contribution >= 4 is 65.7 Å². The van der Waals surface area contributed by atoms with Crippen molar-refractivity contribution in [3.63, 3.8) is 0 Å². The number of aromatic nitrogens is 1. The number of furan rings is 2. The van der Waals surface area contributed by atoms with Crippen molar-refractivity contribution < 1.29 is 11.6 Å². The first kappa shape index (κ1) is 22.5. The summed E-state index contributed by atoms with van der Waals surface area (Å²) in [7, 11) is 0. The zero-order valence-electron chi connectivity index (χ0n) is 26.0. The number of fused-ring (bicyclic) bond motifs is 9. The summed E-state index contributed by atoms with van der Waals surface area (Å²) in [6, 6.07) is 48.6. The van der Waals surface area contributed by atoms with Gasteiger partial charge in [0, 0.05) is 38.0 Å². The predicted molar refractivity (Wildman–Crippen MR) is 186 cm³/mol. The number of hydrogen-bond acceptors (Lipinski definition) is 2. The molecule has 3 nitrogen and oxygen atoms in total. The van der Waals surface area contributed by atoms with Crippen LogP contribution in [0.2, 0.25) is 0 Å². The van der Waals surface area contributed by atoms with Crippen molar-refractivity contribution in [3.05, 3.63) is 152 Å². The summed E-state index contributed by atoms with van der Waals surface area (Å²) in [6.07, 6.45) is 0. The molecule has 0 spiro atoms. The number of benzene rings is 7. The van der Waals surface area contributed by atoms with Crippen molar-refractivity contribution in [1.29, 1.82) is 0 Å². The largest absolute Gasteiger partial charge is 0.456 e. The maximum absolute atomic E-state index is 8.37. The Kier molecular flexibility index (Phi) is 4.60. The number of para-hydroxylation sites is 4. The van der Waals surface area contributed by atoms with Crippen molar-refractivity contribution in [2.75, 3.05) is 0 Å². The van der Waals surface area contributed by atoms with Gasteiger partial charge in [0.1, 0.15) is 22.3 Å². The van der Waals surface area contributed by atoms with E-state index in [0.29, 0.717) is 17.7 Å². The van der Waals surface area contributed by atoms with Gasteiger partial charge in [-0.2, -0.15) is 0 Å². The molecule has 0 bridgehead atoms. The zero-order valence-corrected chi connectivity index (χ0v) is 24.0. The quantitative estimate of drug-likeness (QED) is 0.209. The SMILES string of the molecule is [2H]c1ccc2oc3ccc(-c4cc(-c5ccc6oc7c([2H])cccc7c6c5)cc(-n5c6ccccc6c6ccccc65)c4)cc3c2c1. The Morgan fingerprint density at radius 1 is 0.400 bits per heavy atom. The van der Waals surface area contributed by atoms with Gasteiger partial charge < -0.3 is 13.4 Å². The van der Waals surface area contributed by atoms with Crippen LogP contribution in [0.15, 0.2) is 160 Å². The van der Waals surface area contributed by atoms with Gasteiger partial charge in [0.2, 0.25) is 0 Å². The lowest BCUT2D eigenvalue weighted by molar-refractivity contribution is 0.668. The Hall–Kier alpha value is -6.06. The molecule has 0 saturated carbocycles. The van der Waals surface area contributed by atoms with E-state index in [0.717, 1.165) is 77.3 Å². The fourth-order valence-electron chi connectivity index (χ4n) is 6.95. The summed E-state index contributed by atoms with van der Waals surface area (Å²) in [6.45, 7) is 0. The molecule has 0 aliphatic rings. The molecule has 10 rings (SSSR count). The highest BCUT2D eigenvalue weighted by Gasteiger charge is 2.16. The van der Waals surface area contributed by atoms with E-state index in [4.69, 9.17) is 11.6 Å². The van der Waals surface area contributed by atoms with Crippen LogP contribution in [0.1, 0.15) is 2.74 Å². The summed E-state index contributed by atoms with van der Waals surface area (Å²) in [5.41, 5.74) is 10.6. The average Bonchev–Trinajstić information content (AvgIpc) is 3.77. The van der Waals surface area contributed by atoms with E-state index in [1.165, 1.54) is 10.8 Å². The molecule has 0 unspecified atom stereocenters. The summed E-state index contributed by atoms with van der Waals surface area (Å²) in [4.78, 5) is 0. The van der Waals surface area contributed by atoms with Gasteiger partial charge in [-0.05, 0) is 89.0 Å². The van der Waals surface area contributed by atoms with Crippen LogP contribution in [-0.2, 0) is 0 Å².